The molecule has 0 bridgehead atoms. The van der Waals surface area contributed by atoms with Gasteiger partial charge in [0.1, 0.15) is 6.04 Å². The average molecular weight is 395 g/mol. The van der Waals surface area contributed by atoms with E-state index < -0.39 is 6.04 Å². The number of likely N-dealkylation sites (tertiary alicyclic amines) is 1. The lowest BCUT2D eigenvalue weighted by Crippen LogP contribution is -2.62. The maximum absolute atomic E-state index is 13.4. The highest BCUT2D eigenvalue weighted by Gasteiger charge is 2.40. The van der Waals surface area contributed by atoms with Crippen LogP contribution in [0.4, 0.5) is 0 Å². The quantitative estimate of drug-likeness (QED) is 0.684. The molecule has 28 heavy (non-hydrogen) atoms. The van der Waals surface area contributed by atoms with Gasteiger partial charge in [-0.05, 0) is 37.0 Å². The molecule has 3 amide bonds. The van der Waals surface area contributed by atoms with E-state index in [4.69, 9.17) is 5.73 Å². The summed E-state index contributed by atoms with van der Waals surface area (Å²) >= 11 is 0. The summed E-state index contributed by atoms with van der Waals surface area (Å²) in [5.41, 5.74) is 5.26. The molecule has 0 aromatic rings. The van der Waals surface area contributed by atoms with E-state index in [1.807, 2.05) is 9.80 Å². The van der Waals surface area contributed by atoms with Gasteiger partial charge < -0.3 is 20.9 Å². The Hall–Kier alpha value is -1.63. The average Bonchev–Trinajstić information content (AvgIpc) is 2.61. The summed E-state index contributed by atoms with van der Waals surface area (Å²) in [6, 6.07) is -0.600. The fourth-order valence-corrected chi connectivity index (χ4v) is 4.34. The first-order valence-electron chi connectivity index (χ1n) is 10.7. The molecular formula is C21H38N4O3. The van der Waals surface area contributed by atoms with Gasteiger partial charge in [0.05, 0.1) is 6.04 Å². The van der Waals surface area contributed by atoms with Gasteiger partial charge in [-0.25, -0.2) is 0 Å². The zero-order valence-corrected chi connectivity index (χ0v) is 18.0. The molecule has 2 aliphatic rings. The fraction of sp³-hybridized carbons (Fsp3) is 0.857. The molecule has 2 heterocycles. The number of carbonyl (C=O) groups is 3. The summed E-state index contributed by atoms with van der Waals surface area (Å²) < 4.78 is 0. The first-order valence-corrected chi connectivity index (χ1v) is 10.7. The van der Waals surface area contributed by atoms with E-state index in [0.29, 0.717) is 32.5 Å². The van der Waals surface area contributed by atoms with Crippen LogP contribution in [0.25, 0.3) is 0 Å². The molecule has 160 valence electrons. The lowest BCUT2D eigenvalue weighted by molar-refractivity contribution is -0.151. The molecule has 2 rings (SSSR count). The Bertz CT molecular complexity index is 562. The Morgan fingerprint density at radius 2 is 1.86 bits per heavy atom. The van der Waals surface area contributed by atoms with Crippen molar-refractivity contribution >= 4 is 17.7 Å². The van der Waals surface area contributed by atoms with Gasteiger partial charge in [0.15, 0.2) is 0 Å². The van der Waals surface area contributed by atoms with Crippen LogP contribution in [0.5, 0.6) is 0 Å². The maximum atomic E-state index is 13.4. The minimum atomic E-state index is -0.415. The van der Waals surface area contributed by atoms with Gasteiger partial charge in [0.2, 0.25) is 17.7 Å². The number of nitrogens with two attached hydrogens (primary N) is 1. The molecule has 2 aliphatic heterocycles. The summed E-state index contributed by atoms with van der Waals surface area (Å²) in [6.07, 6.45) is 4.36. The highest BCUT2D eigenvalue weighted by molar-refractivity contribution is 5.90. The van der Waals surface area contributed by atoms with E-state index >= 15 is 0 Å². The number of hydrogen-bond acceptors (Lipinski definition) is 4. The van der Waals surface area contributed by atoms with Crippen LogP contribution in [0.2, 0.25) is 0 Å². The molecule has 3 N–H and O–H groups in total. The zero-order chi connectivity index (χ0) is 20.9. The molecule has 2 fully saturated rings. The monoisotopic (exact) mass is 394 g/mol. The zero-order valence-electron chi connectivity index (χ0n) is 18.0. The van der Waals surface area contributed by atoms with Crippen molar-refractivity contribution in [2.24, 2.45) is 17.1 Å². The van der Waals surface area contributed by atoms with Crippen molar-refractivity contribution in [1.82, 2.24) is 15.1 Å². The number of amides is 3. The number of hydrogen-bond donors (Lipinski definition) is 2. The molecular weight excluding hydrogens is 356 g/mol. The van der Waals surface area contributed by atoms with E-state index in [9.17, 15) is 14.4 Å². The number of carbonyl (C=O) groups excluding carboxylic acids is 3. The lowest BCUT2D eigenvalue weighted by Gasteiger charge is -2.43. The molecule has 0 aromatic heterocycles. The van der Waals surface area contributed by atoms with Crippen LogP contribution < -0.4 is 11.1 Å². The van der Waals surface area contributed by atoms with Crippen LogP contribution in [-0.2, 0) is 14.4 Å². The summed E-state index contributed by atoms with van der Waals surface area (Å²) in [5.74, 6) is 0.0957. The normalized spacial score (nSPS) is 23.0. The lowest BCUT2D eigenvalue weighted by atomic mass is 9.85. The summed E-state index contributed by atoms with van der Waals surface area (Å²) in [7, 11) is 0. The molecule has 7 heteroatoms. The Morgan fingerprint density at radius 1 is 1.21 bits per heavy atom. The molecule has 0 aliphatic carbocycles. The standard InChI is InChI=1S/C21H38N4O3/c1-5-6-16-19(27)25(12-9-23-16)17(14-21(2,3)4)20(28)24-10-7-15(8-11-24)13-18(22)26/h15-17,23H,5-14H2,1-4H3,(H2,22,26)/t16-,17?/m0/s1. The smallest absolute Gasteiger partial charge is 0.245 e. The summed E-state index contributed by atoms with van der Waals surface area (Å²) in [6.45, 7) is 11.0. The second-order valence-electron chi connectivity index (χ2n) is 9.55. The molecule has 2 saturated heterocycles. The predicted octanol–water partition coefficient (Wildman–Crippen LogP) is 1.51. The highest BCUT2D eigenvalue weighted by Crippen LogP contribution is 2.28. The van der Waals surface area contributed by atoms with E-state index in [1.165, 1.54) is 0 Å². The minimum absolute atomic E-state index is 0.0537. The van der Waals surface area contributed by atoms with E-state index in [0.717, 1.165) is 32.2 Å². The molecule has 0 saturated carbocycles. The van der Waals surface area contributed by atoms with Gasteiger partial charge >= 0.3 is 0 Å². The number of piperazine rings is 1. The number of primary amides is 1. The van der Waals surface area contributed by atoms with Crippen molar-refractivity contribution in [3.05, 3.63) is 0 Å². The molecule has 0 aromatic carbocycles. The van der Waals surface area contributed by atoms with Crippen molar-refractivity contribution in [3.8, 4) is 0 Å². The van der Waals surface area contributed by atoms with Gasteiger partial charge in [-0.3, -0.25) is 14.4 Å². The Balaban J connectivity index is 2.11. The summed E-state index contributed by atoms with van der Waals surface area (Å²) in [5, 5.41) is 3.30. The largest absolute Gasteiger partial charge is 0.370 e. The highest BCUT2D eigenvalue weighted by atomic mass is 16.2. The fourth-order valence-electron chi connectivity index (χ4n) is 4.34. The molecule has 0 spiro atoms. The number of nitrogens with zero attached hydrogens (tertiary/aromatic N) is 2. The summed E-state index contributed by atoms with van der Waals surface area (Å²) in [4.78, 5) is 41.4. The van der Waals surface area contributed by atoms with Crippen LogP contribution in [0, 0.1) is 11.3 Å². The van der Waals surface area contributed by atoms with Gasteiger partial charge in [-0.2, -0.15) is 0 Å². The van der Waals surface area contributed by atoms with Crippen LogP contribution in [-0.4, -0.2) is 65.8 Å². The van der Waals surface area contributed by atoms with Crippen LogP contribution >= 0.6 is 0 Å². The van der Waals surface area contributed by atoms with Crippen molar-refractivity contribution in [2.45, 2.75) is 78.3 Å². The second kappa shape index (κ2) is 9.72. The van der Waals surface area contributed by atoms with Crippen molar-refractivity contribution in [1.29, 1.82) is 0 Å². The van der Waals surface area contributed by atoms with E-state index in [-0.39, 0.29) is 35.1 Å². The van der Waals surface area contributed by atoms with Crippen LogP contribution in [0.3, 0.4) is 0 Å². The SMILES string of the molecule is CCC[C@@H]1NCCN(C(CC(C)(C)C)C(=O)N2CCC(CC(N)=O)CC2)C1=O. The van der Waals surface area contributed by atoms with E-state index in [2.05, 4.69) is 33.0 Å². The third kappa shape index (κ3) is 6.19. The minimum Gasteiger partial charge on any atom is -0.370 e. The first-order chi connectivity index (χ1) is 13.1. The predicted molar refractivity (Wildman–Crippen MR) is 109 cm³/mol. The molecule has 1 unspecified atom stereocenters. The first kappa shape index (κ1) is 22.7. The Kier molecular flexibility index (Phi) is 7.87. The van der Waals surface area contributed by atoms with Crippen LogP contribution in [0.15, 0.2) is 0 Å². The Labute approximate surface area is 169 Å². The van der Waals surface area contributed by atoms with Crippen molar-refractivity contribution in [3.63, 3.8) is 0 Å². The van der Waals surface area contributed by atoms with Crippen LogP contribution in [0.1, 0.15) is 66.2 Å². The Morgan fingerprint density at radius 3 is 2.39 bits per heavy atom. The molecule has 7 nitrogen and oxygen atoms in total. The van der Waals surface area contributed by atoms with Crippen molar-refractivity contribution < 1.29 is 14.4 Å². The third-order valence-electron chi connectivity index (χ3n) is 5.79. The van der Waals surface area contributed by atoms with E-state index in [1.54, 1.807) is 0 Å². The number of rotatable bonds is 7. The number of piperidine rings is 1. The number of nitrogens with one attached hydrogen (secondary N) is 1. The van der Waals surface area contributed by atoms with Gasteiger partial charge in [0.25, 0.3) is 0 Å². The molecule has 2 atom stereocenters. The second-order valence-corrected chi connectivity index (χ2v) is 9.55. The van der Waals surface area contributed by atoms with Crippen molar-refractivity contribution in [2.75, 3.05) is 26.2 Å². The van der Waals surface area contributed by atoms with Gasteiger partial charge in [-0.1, -0.05) is 34.1 Å². The third-order valence-corrected chi connectivity index (χ3v) is 5.79. The van der Waals surface area contributed by atoms with Gasteiger partial charge in [0, 0.05) is 32.6 Å². The molecule has 0 radical (unpaired) electrons. The van der Waals surface area contributed by atoms with Gasteiger partial charge in [-0.15, -0.1) is 0 Å². The maximum Gasteiger partial charge on any atom is 0.245 e. The topological polar surface area (TPSA) is 95.7 Å².